The zero-order valence-corrected chi connectivity index (χ0v) is 10.8. The predicted molar refractivity (Wildman–Crippen MR) is 68.9 cm³/mol. The van der Waals surface area contributed by atoms with E-state index >= 15 is 0 Å². The summed E-state index contributed by atoms with van der Waals surface area (Å²) < 4.78 is 0. The number of anilines is 1. The topological polar surface area (TPSA) is 49.5 Å². The van der Waals surface area contributed by atoms with Gasteiger partial charge in [-0.2, -0.15) is 0 Å². The highest BCUT2D eigenvalue weighted by Gasteiger charge is 2.17. The van der Waals surface area contributed by atoms with E-state index in [9.17, 15) is 5.11 Å². The predicted octanol–water partition coefficient (Wildman–Crippen LogP) is 2.01. The van der Waals surface area contributed by atoms with Gasteiger partial charge in [0.1, 0.15) is 0 Å². The fourth-order valence-electron chi connectivity index (χ4n) is 1.73. The maximum absolute atomic E-state index is 9.78. The Morgan fingerprint density at radius 3 is 2.56 bits per heavy atom. The Bertz CT molecular complexity index is 361. The third kappa shape index (κ3) is 3.67. The van der Waals surface area contributed by atoms with Crippen LogP contribution < -0.4 is 10.6 Å². The molecular formula is C12H19ClN2O. The lowest BCUT2D eigenvalue weighted by Crippen LogP contribution is -2.36. The summed E-state index contributed by atoms with van der Waals surface area (Å²) in [6.07, 6.45) is 0. The fourth-order valence-corrected chi connectivity index (χ4v) is 1.90. The molecule has 0 aliphatic heterocycles. The molecule has 0 unspecified atom stereocenters. The van der Waals surface area contributed by atoms with Crippen LogP contribution in [0.3, 0.4) is 0 Å². The molecule has 1 aromatic carbocycles. The molecular weight excluding hydrogens is 224 g/mol. The largest absolute Gasteiger partial charge is 0.389 e. The summed E-state index contributed by atoms with van der Waals surface area (Å²) >= 11 is 5.96. The van der Waals surface area contributed by atoms with Gasteiger partial charge in [0, 0.05) is 30.8 Å². The van der Waals surface area contributed by atoms with Gasteiger partial charge in [0.05, 0.1) is 5.60 Å². The molecule has 0 fully saturated rings. The summed E-state index contributed by atoms with van der Waals surface area (Å²) in [5.74, 6) is 0. The molecule has 0 saturated heterocycles. The standard InChI is InChI=1S/C12H19ClN2O/c1-12(2,16)8-15(3)11-6-10(13)5-4-9(11)7-14/h4-6,16H,7-8,14H2,1-3H3. The van der Waals surface area contributed by atoms with Crippen molar-refractivity contribution in [1.82, 2.24) is 0 Å². The second kappa shape index (κ2) is 5.04. The summed E-state index contributed by atoms with van der Waals surface area (Å²) in [6, 6.07) is 5.61. The average molecular weight is 243 g/mol. The first kappa shape index (κ1) is 13.3. The molecule has 0 saturated carbocycles. The number of halogens is 1. The minimum atomic E-state index is -0.747. The van der Waals surface area contributed by atoms with Crippen molar-refractivity contribution in [2.24, 2.45) is 5.73 Å². The summed E-state index contributed by atoms with van der Waals surface area (Å²) in [5, 5.41) is 10.5. The van der Waals surface area contributed by atoms with E-state index in [1.54, 1.807) is 13.8 Å². The second-order valence-electron chi connectivity index (χ2n) is 4.65. The number of likely N-dealkylation sites (N-methyl/N-ethyl adjacent to an activating group) is 1. The zero-order chi connectivity index (χ0) is 12.3. The van der Waals surface area contributed by atoms with Gasteiger partial charge in [0.25, 0.3) is 0 Å². The van der Waals surface area contributed by atoms with Crippen molar-refractivity contribution in [3.05, 3.63) is 28.8 Å². The molecule has 90 valence electrons. The normalized spacial score (nSPS) is 11.6. The van der Waals surface area contributed by atoms with Crippen LogP contribution in [0.25, 0.3) is 0 Å². The third-order valence-electron chi connectivity index (χ3n) is 2.30. The Hall–Kier alpha value is -0.770. The van der Waals surface area contributed by atoms with Gasteiger partial charge in [0.2, 0.25) is 0 Å². The Morgan fingerprint density at radius 2 is 2.06 bits per heavy atom. The van der Waals surface area contributed by atoms with E-state index in [0.717, 1.165) is 11.3 Å². The quantitative estimate of drug-likeness (QED) is 0.849. The van der Waals surface area contributed by atoms with Gasteiger partial charge in [-0.05, 0) is 31.5 Å². The number of rotatable bonds is 4. The molecule has 0 spiro atoms. The maximum Gasteiger partial charge on any atom is 0.0765 e. The van der Waals surface area contributed by atoms with Crippen molar-refractivity contribution in [3.63, 3.8) is 0 Å². The second-order valence-corrected chi connectivity index (χ2v) is 5.08. The van der Waals surface area contributed by atoms with E-state index < -0.39 is 5.60 Å². The van der Waals surface area contributed by atoms with Gasteiger partial charge in [-0.3, -0.25) is 0 Å². The minimum Gasteiger partial charge on any atom is -0.389 e. The van der Waals surface area contributed by atoms with Crippen LogP contribution >= 0.6 is 11.6 Å². The lowest BCUT2D eigenvalue weighted by atomic mass is 10.1. The number of nitrogens with zero attached hydrogens (tertiary/aromatic N) is 1. The SMILES string of the molecule is CN(CC(C)(C)O)c1cc(Cl)ccc1CN. The summed E-state index contributed by atoms with van der Waals surface area (Å²) in [4.78, 5) is 1.97. The smallest absolute Gasteiger partial charge is 0.0765 e. The van der Waals surface area contributed by atoms with Gasteiger partial charge < -0.3 is 15.7 Å². The molecule has 3 nitrogen and oxygen atoms in total. The van der Waals surface area contributed by atoms with Crippen molar-refractivity contribution < 1.29 is 5.11 Å². The fraction of sp³-hybridized carbons (Fsp3) is 0.500. The molecule has 0 atom stereocenters. The van der Waals surface area contributed by atoms with Gasteiger partial charge in [-0.15, -0.1) is 0 Å². The first-order valence-electron chi connectivity index (χ1n) is 5.25. The average Bonchev–Trinajstić information content (AvgIpc) is 2.15. The summed E-state index contributed by atoms with van der Waals surface area (Å²) in [6.45, 7) is 4.54. The molecule has 1 rings (SSSR count). The Balaban J connectivity index is 2.97. The lowest BCUT2D eigenvalue weighted by Gasteiger charge is -2.28. The molecule has 16 heavy (non-hydrogen) atoms. The highest BCUT2D eigenvalue weighted by atomic mass is 35.5. The molecule has 0 amide bonds. The van der Waals surface area contributed by atoms with E-state index in [2.05, 4.69) is 0 Å². The molecule has 0 heterocycles. The molecule has 3 N–H and O–H groups in total. The van der Waals surface area contributed by atoms with Crippen molar-refractivity contribution in [3.8, 4) is 0 Å². The number of benzene rings is 1. The van der Waals surface area contributed by atoms with E-state index in [1.165, 1.54) is 0 Å². The Morgan fingerprint density at radius 1 is 1.44 bits per heavy atom. The van der Waals surface area contributed by atoms with Crippen molar-refractivity contribution in [1.29, 1.82) is 0 Å². The van der Waals surface area contributed by atoms with E-state index in [-0.39, 0.29) is 0 Å². The van der Waals surface area contributed by atoms with E-state index in [4.69, 9.17) is 17.3 Å². The molecule has 4 heteroatoms. The maximum atomic E-state index is 9.78. The van der Waals surface area contributed by atoms with Crippen LogP contribution in [0, 0.1) is 0 Å². The first-order chi connectivity index (χ1) is 7.33. The Kier molecular flexibility index (Phi) is 4.19. The highest BCUT2D eigenvalue weighted by molar-refractivity contribution is 6.30. The number of hydrogen-bond donors (Lipinski definition) is 2. The van der Waals surface area contributed by atoms with Crippen molar-refractivity contribution in [2.75, 3.05) is 18.5 Å². The van der Waals surface area contributed by atoms with E-state index in [1.807, 2.05) is 30.1 Å². The van der Waals surface area contributed by atoms with Crippen LogP contribution in [0.5, 0.6) is 0 Å². The highest BCUT2D eigenvalue weighted by Crippen LogP contribution is 2.24. The molecule has 0 aliphatic rings. The molecule has 0 radical (unpaired) electrons. The van der Waals surface area contributed by atoms with E-state index in [0.29, 0.717) is 18.1 Å². The van der Waals surface area contributed by atoms with Crippen LogP contribution in [0.4, 0.5) is 5.69 Å². The lowest BCUT2D eigenvalue weighted by molar-refractivity contribution is 0.0886. The summed E-state index contributed by atoms with van der Waals surface area (Å²) in [5.41, 5.74) is 6.92. The van der Waals surface area contributed by atoms with Crippen LogP contribution in [0.1, 0.15) is 19.4 Å². The van der Waals surface area contributed by atoms with Crippen LogP contribution in [-0.4, -0.2) is 24.3 Å². The van der Waals surface area contributed by atoms with Crippen molar-refractivity contribution in [2.45, 2.75) is 26.0 Å². The molecule has 0 aromatic heterocycles. The van der Waals surface area contributed by atoms with Gasteiger partial charge in [-0.25, -0.2) is 0 Å². The third-order valence-corrected chi connectivity index (χ3v) is 2.54. The van der Waals surface area contributed by atoms with Gasteiger partial charge in [-0.1, -0.05) is 17.7 Å². The van der Waals surface area contributed by atoms with Crippen molar-refractivity contribution >= 4 is 17.3 Å². The van der Waals surface area contributed by atoms with Crippen LogP contribution in [0.15, 0.2) is 18.2 Å². The van der Waals surface area contributed by atoms with Crippen LogP contribution in [-0.2, 0) is 6.54 Å². The minimum absolute atomic E-state index is 0.461. The van der Waals surface area contributed by atoms with Crippen LogP contribution in [0.2, 0.25) is 5.02 Å². The summed E-state index contributed by atoms with van der Waals surface area (Å²) in [7, 11) is 1.92. The van der Waals surface area contributed by atoms with Gasteiger partial charge in [0.15, 0.2) is 0 Å². The number of hydrogen-bond acceptors (Lipinski definition) is 3. The zero-order valence-electron chi connectivity index (χ0n) is 10.00. The Labute approximate surface area is 102 Å². The molecule has 1 aromatic rings. The van der Waals surface area contributed by atoms with Gasteiger partial charge >= 0.3 is 0 Å². The number of nitrogens with two attached hydrogens (primary N) is 1. The number of aliphatic hydroxyl groups is 1. The molecule has 0 aliphatic carbocycles. The monoisotopic (exact) mass is 242 g/mol. The first-order valence-corrected chi connectivity index (χ1v) is 5.63. The molecule has 0 bridgehead atoms.